The predicted octanol–water partition coefficient (Wildman–Crippen LogP) is -1.27. The molecule has 32 heavy (non-hydrogen) atoms. The molecule has 2 aliphatic carbocycles. The average molecular weight is 469 g/mol. The van der Waals surface area contributed by atoms with Crippen LogP contribution in [0.4, 0.5) is 5.82 Å². The number of pyridine rings is 1. The van der Waals surface area contributed by atoms with Gasteiger partial charge < -0.3 is 19.8 Å². The summed E-state index contributed by atoms with van der Waals surface area (Å²) in [4.78, 5) is 32.1. The number of carboxylic acids is 1. The summed E-state index contributed by atoms with van der Waals surface area (Å²) in [6.07, 6.45) is 11.1. The van der Waals surface area contributed by atoms with E-state index in [0.717, 1.165) is 38.3 Å². The Labute approximate surface area is 209 Å². The number of carbonyl (C=O) groups excluding carboxylic acids is 2. The molecule has 2 fully saturated rings. The largest absolute Gasteiger partial charge is 1.00 e. The monoisotopic (exact) mass is 468 g/mol. The van der Waals surface area contributed by atoms with Gasteiger partial charge in [-0.3, -0.25) is 4.79 Å². The smallest absolute Gasteiger partial charge is 0.545 e. The second-order valence-electron chi connectivity index (χ2n) is 8.37. The van der Waals surface area contributed by atoms with Crippen molar-refractivity contribution >= 4 is 27.5 Å². The zero-order valence-corrected chi connectivity index (χ0v) is 20.9. The van der Waals surface area contributed by atoms with Crippen molar-refractivity contribution in [2.24, 2.45) is 5.92 Å². The SMILES string of the molecule is O=C([O-])c1ccc(NC(=O)[C@H](CC2CCCC2)n2cnc(S(=O)(=O)C3CCC3)c2)nc1.[Na+]. The standard InChI is InChI=1S/C21H26N4O5S.Na/c26-20(24-18-9-8-15(11-22-18)21(27)28)17(10-14-4-1-2-5-14)25-12-19(23-13-25)31(29,30)16-6-3-7-16;/h8-9,11-14,16-17H,1-7,10H2,(H,27,28)(H,22,24,26);/q;+1/p-1/t17-;/m0./s1. The number of rotatable bonds is 8. The number of carboxylic acid groups (broad SMARTS) is 1. The van der Waals surface area contributed by atoms with Gasteiger partial charge in [0, 0.05) is 18.0 Å². The fourth-order valence-electron chi connectivity index (χ4n) is 4.21. The first-order valence-electron chi connectivity index (χ1n) is 10.6. The second kappa shape index (κ2) is 10.5. The maximum Gasteiger partial charge on any atom is 1.00 e. The van der Waals surface area contributed by atoms with Crippen LogP contribution in [0.1, 0.15) is 67.8 Å². The van der Waals surface area contributed by atoms with Gasteiger partial charge in [-0.15, -0.1) is 0 Å². The van der Waals surface area contributed by atoms with E-state index in [0.29, 0.717) is 25.2 Å². The number of anilines is 1. The van der Waals surface area contributed by atoms with Gasteiger partial charge in [-0.05, 0) is 37.3 Å². The van der Waals surface area contributed by atoms with E-state index in [9.17, 15) is 23.1 Å². The maximum atomic E-state index is 13.1. The first kappa shape index (κ1) is 24.9. The number of nitrogens with one attached hydrogen (secondary N) is 1. The molecule has 0 unspecified atom stereocenters. The quantitative estimate of drug-likeness (QED) is 0.478. The zero-order chi connectivity index (χ0) is 22.0. The Morgan fingerprint density at radius 3 is 2.41 bits per heavy atom. The molecular weight excluding hydrogens is 443 g/mol. The number of imidazole rings is 1. The number of sulfone groups is 1. The second-order valence-corrected chi connectivity index (χ2v) is 10.5. The molecule has 9 nitrogen and oxygen atoms in total. The molecule has 0 saturated heterocycles. The molecule has 0 radical (unpaired) electrons. The molecular formula is C21H25N4NaO5S. The van der Waals surface area contributed by atoms with Crippen LogP contribution in [0.25, 0.3) is 0 Å². The summed E-state index contributed by atoms with van der Waals surface area (Å²) in [6.45, 7) is 0. The first-order chi connectivity index (χ1) is 14.8. The van der Waals surface area contributed by atoms with Gasteiger partial charge in [-0.2, -0.15) is 0 Å². The Kier molecular flexibility index (Phi) is 8.13. The Balaban J connectivity index is 0.00000289. The summed E-state index contributed by atoms with van der Waals surface area (Å²) in [5, 5.41) is 13.2. The summed E-state index contributed by atoms with van der Waals surface area (Å²) in [5.74, 6) is -1.10. The van der Waals surface area contributed by atoms with E-state index in [4.69, 9.17) is 0 Å². The summed E-state index contributed by atoms with van der Waals surface area (Å²) in [6, 6.07) is 2.07. The van der Waals surface area contributed by atoms with Gasteiger partial charge in [-0.1, -0.05) is 32.1 Å². The van der Waals surface area contributed by atoms with E-state index >= 15 is 0 Å². The van der Waals surface area contributed by atoms with Crippen LogP contribution in [0.2, 0.25) is 0 Å². The molecule has 0 spiro atoms. The molecule has 2 aromatic heterocycles. The Morgan fingerprint density at radius 2 is 1.84 bits per heavy atom. The van der Waals surface area contributed by atoms with Crippen LogP contribution in [0, 0.1) is 5.92 Å². The molecule has 11 heteroatoms. The molecule has 2 aromatic rings. The molecule has 0 aromatic carbocycles. The van der Waals surface area contributed by atoms with E-state index in [2.05, 4.69) is 15.3 Å². The van der Waals surface area contributed by atoms with Crippen LogP contribution >= 0.6 is 0 Å². The van der Waals surface area contributed by atoms with Crippen molar-refractivity contribution in [3.8, 4) is 0 Å². The van der Waals surface area contributed by atoms with Crippen LogP contribution in [0.5, 0.6) is 0 Å². The molecule has 1 N–H and O–H groups in total. The summed E-state index contributed by atoms with van der Waals surface area (Å²) in [7, 11) is -3.48. The van der Waals surface area contributed by atoms with E-state index in [-0.39, 0.29) is 57.1 Å². The molecule has 2 saturated carbocycles. The molecule has 166 valence electrons. The minimum absolute atomic E-state index is 0. The molecule has 0 aliphatic heterocycles. The average Bonchev–Trinajstić information content (AvgIpc) is 3.37. The van der Waals surface area contributed by atoms with Crippen LogP contribution in [0.15, 0.2) is 35.9 Å². The van der Waals surface area contributed by atoms with Gasteiger partial charge in [-0.25, -0.2) is 18.4 Å². The molecule has 4 rings (SSSR count). The third-order valence-corrected chi connectivity index (χ3v) is 8.45. The molecule has 2 heterocycles. The van der Waals surface area contributed by atoms with Crippen molar-refractivity contribution in [1.82, 2.24) is 14.5 Å². The van der Waals surface area contributed by atoms with Gasteiger partial charge >= 0.3 is 29.6 Å². The molecule has 2 aliphatic rings. The topological polar surface area (TPSA) is 134 Å². The van der Waals surface area contributed by atoms with E-state index in [1.54, 1.807) is 4.57 Å². The zero-order valence-electron chi connectivity index (χ0n) is 18.1. The van der Waals surface area contributed by atoms with E-state index in [1.807, 2.05) is 0 Å². The van der Waals surface area contributed by atoms with Crippen LogP contribution in [0.3, 0.4) is 0 Å². The maximum absolute atomic E-state index is 13.1. The number of hydrogen-bond acceptors (Lipinski definition) is 7. The minimum Gasteiger partial charge on any atom is -0.545 e. The van der Waals surface area contributed by atoms with Gasteiger partial charge in [0.1, 0.15) is 11.9 Å². The number of aromatic carboxylic acids is 1. The van der Waals surface area contributed by atoms with Crippen LogP contribution in [-0.2, 0) is 14.6 Å². The number of hydrogen-bond donors (Lipinski definition) is 1. The molecule has 1 atom stereocenters. The number of amides is 1. The molecule has 0 bridgehead atoms. The summed E-state index contributed by atoms with van der Waals surface area (Å²) >= 11 is 0. The van der Waals surface area contributed by atoms with Crippen molar-refractivity contribution in [2.75, 3.05) is 5.32 Å². The van der Waals surface area contributed by atoms with Crippen molar-refractivity contribution < 1.29 is 52.7 Å². The Hall–Kier alpha value is -1.75. The Morgan fingerprint density at radius 1 is 1.12 bits per heavy atom. The summed E-state index contributed by atoms with van der Waals surface area (Å²) in [5.41, 5.74) is -0.0824. The van der Waals surface area contributed by atoms with Crippen molar-refractivity contribution in [3.05, 3.63) is 36.4 Å². The predicted molar refractivity (Wildman–Crippen MR) is 110 cm³/mol. The normalized spacial score (nSPS) is 17.9. The van der Waals surface area contributed by atoms with Crippen molar-refractivity contribution in [1.29, 1.82) is 0 Å². The fourth-order valence-corrected chi connectivity index (χ4v) is 5.97. The third-order valence-electron chi connectivity index (χ3n) is 6.30. The first-order valence-corrected chi connectivity index (χ1v) is 12.1. The van der Waals surface area contributed by atoms with E-state index < -0.39 is 21.8 Å². The van der Waals surface area contributed by atoms with Gasteiger partial charge in [0.15, 0.2) is 14.9 Å². The van der Waals surface area contributed by atoms with Crippen molar-refractivity contribution in [3.63, 3.8) is 0 Å². The van der Waals surface area contributed by atoms with Crippen LogP contribution in [-0.4, -0.2) is 40.1 Å². The number of nitrogens with zero attached hydrogens (tertiary/aromatic N) is 3. The number of carbonyl (C=O) groups is 2. The fraction of sp³-hybridized carbons (Fsp3) is 0.524. The third kappa shape index (κ3) is 5.41. The summed E-state index contributed by atoms with van der Waals surface area (Å²) < 4.78 is 27.0. The van der Waals surface area contributed by atoms with E-state index in [1.165, 1.54) is 24.7 Å². The Bertz CT molecular complexity index is 1060. The molecule has 1 amide bonds. The minimum atomic E-state index is -3.48. The van der Waals surface area contributed by atoms with Crippen molar-refractivity contribution in [2.45, 2.75) is 67.7 Å². The van der Waals surface area contributed by atoms with Gasteiger partial charge in [0.2, 0.25) is 5.91 Å². The van der Waals surface area contributed by atoms with Crippen LogP contribution < -0.4 is 40.0 Å². The van der Waals surface area contributed by atoms with Gasteiger partial charge in [0.25, 0.3) is 0 Å². The van der Waals surface area contributed by atoms with Gasteiger partial charge in [0.05, 0.1) is 17.5 Å². The number of aromatic nitrogens is 3.